The van der Waals surface area contributed by atoms with E-state index in [4.69, 9.17) is 4.74 Å². The quantitative estimate of drug-likeness (QED) is 0.608. The Balaban J connectivity index is 2.62. The van der Waals surface area contributed by atoms with E-state index >= 15 is 0 Å². The van der Waals surface area contributed by atoms with Gasteiger partial charge in [-0.15, -0.1) is 0 Å². The van der Waals surface area contributed by atoms with Crippen LogP contribution in [0.1, 0.15) is 36.2 Å². The van der Waals surface area contributed by atoms with Crippen LogP contribution < -0.4 is 10.6 Å². The van der Waals surface area contributed by atoms with Gasteiger partial charge in [0, 0.05) is 12.1 Å². The van der Waals surface area contributed by atoms with Gasteiger partial charge in [0.15, 0.2) is 6.61 Å². The minimum absolute atomic E-state index is 0.317. The third kappa shape index (κ3) is 8.38. The van der Waals surface area contributed by atoms with E-state index < -0.39 is 12.0 Å². The van der Waals surface area contributed by atoms with Crippen molar-refractivity contribution in [1.29, 1.82) is 0 Å². The fraction of sp³-hybridized carbons (Fsp3) is 0.526. The summed E-state index contributed by atoms with van der Waals surface area (Å²) in [4.78, 5) is 36.4. The highest BCUT2D eigenvalue weighted by molar-refractivity contribution is 7.98. The highest BCUT2D eigenvalue weighted by Crippen LogP contribution is 2.07. The zero-order valence-electron chi connectivity index (χ0n) is 15.8. The minimum Gasteiger partial charge on any atom is -0.454 e. The summed E-state index contributed by atoms with van der Waals surface area (Å²) in [5, 5.41) is 5.40. The van der Waals surface area contributed by atoms with Crippen LogP contribution in [-0.2, 0) is 14.3 Å². The van der Waals surface area contributed by atoms with E-state index in [-0.39, 0.29) is 18.4 Å². The van der Waals surface area contributed by atoms with Crippen LogP contribution in [0.15, 0.2) is 24.3 Å². The first-order valence-electron chi connectivity index (χ1n) is 8.63. The fourth-order valence-corrected chi connectivity index (χ4v) is 2.59. The zero-order chi connectivity index (χ0) is 19.5. The molecule has 1 atom stereocenters. The average Bonchev–Trinajstić information content (AvgIpc) is 2.61. The third-order valence-electron chi connectivity index (χ3n) is 3.53. The maximum Gasteiger partial charge on any atom is 0.329 e. The molecule has 1 aromatic rings. The number of rotatable bonds is 10. The van der Waals surface area contributed by atoms with Crippen LogP contribution in [0, 0.1) is 12.8 Å². The van der Waals surface area contributed by atoms with Crippen molar-refractivity contribution in [3.63, 3.8) is 0 Å². The Bertz CT molecular complexity index is 619. The second kappa shape index (κ2) is 11.6. The Kier molecular flexibility index (Phi) is 9.80. The molecule has 7 heteroatoms. The molecular formula is C19H28N2O4S. The Morgan fingerprint density at radius 1 is 1.23 bits per heavy atom. The molecule has 0 unspecified atom stereocenters. The summed E-state index contributed by atoms with van der Waals surface area (Å²) in [5.41, 5.74) is 1.45. The number of amides is 2. The van der Waals surface area contributed by atoms with Gasteiger partial charge in [-0.3, -0.25) is 9.59 Å². The van der Waals surface area contributed by atoms with E-state index in [1.165, 1.54) is 0 Å². The third-order valence-corrected chi connectivity index (χ3v) is 4.18. The number of carbonyl (C=O) groups excluding carboxylic acids is 3. The molecule has 0 heterocycles. The Hall–Kier alpha value is -2.02. The van der Waals surface area contributed by atoms with Gasteiger partial charge in [0.05, 0.1) is 0 Å². The predicted octanol–water partition coefficient (Wildman–Crippen LogP) is 2.16. The second-order valence-corrected chi connectivity index (χ2v) is 7.47. The molecule has 1 rings (SSSR count). The lowest BCUT2D eigenvalue weighted by Crippen LogP contribution is -2.43. The van der Waals surface area contributed by atoms with Gasteiger partial charge in [-0.1, -0.05) is 31.5 Å². The molecule has 26 heavy (non-hydrogen) atoms. The van der Waals surface area contributed by atoms with Crippen molar-refractivity contribution in [3.8, 4) is 0 Å². The number of benzene rings is 1. The monoisotopic (exact) mass is 380 g/mol. The maximum atomic E-state index is 12.4. The average molecular weight is 381 g/mol. The number of nitrogens with one attached hydrogen (secondary N) is 2. The van der Waals surface area contributed by atoms with E-state index in [9.17, 15) is 14.4 Å². The van der Waals surface area contributed by atoms with Crippen molar-refractivity contribution in [2.45, 2.75) is 33.2 Å². The maximum absolute atomic E-state index is 12.4. The first-order valence-corrected chi connectivity index (χ1v) is 10.0. The molecule has 0 aliphatic heterocycles. The molecule has 0 saturated heterocycles. The van der Waals surface area contributed by atoms with Crippen LogP contribution in [0.25, 0.3) is 0 Å². The van der Waals surface area contributed by atoms with E-state index in [1.807, 2.05) is 33.1 Å². The first-order chi connectivity index (χ1) is 12.3. The molecule has 0 aromatic heterocycles. The van der Waals surface area contributed by atoms with Gasteiger partial charge in [-0.05, 0) is 43.4 Å². The Labute approximate surface area is 159 Å². The highest BCUT2D eigenvalue weighted by atomic mass is 32.2. The van der Waals surface area contributed by atoms with Crippen molar-refractivity contribution < 1.29 is 19.1 Å². The lowest BCUT2D eigenvalue weighted by molar-refractivity contribution is -0.150. The summed E-state index contributed by atoms with van der Waals surface area (Å²) in [6, 6.07) is 6.35. The van der Waals surface area contributed by atoms with Crippen molar-refractivity contribution >= 4 is 29.5 Å². The summed E-state index contributed by atoms with van der Waals surface area (Å²) < 4.78 is 5.08. The summed E-state index contributed by atoms with van der Waals surface area (Å²) in [6.45, 7) is 6.03. The number of ether oxygens (including phenoxy) is 1. The molecule has 0 spiro atoms. The number of aryl methyl sites for hydroxylation is 1. The van der Waals surface area contributed by atoms with Crippen molar-refractivity contribution in [3.05, 3.63) is 35.4 Å². The highest BCUT2D eigenvalue weighted by Gasteiger charge is 2.23. The van der Waals surface area contributed by atoms with E-state index in [2.05, 4.69) is 10.6 Å². The number of carbonyl (C=O) groups is 3. The minimum atomic E-state index is -0.784. The van der Waals surface area contributed by atoms with Gasteiger partial charge in [0.1, 0.15) is 6.04 Å². The van der Waals surface area contributed by atoms with Crippen molar-refractivity contribution in [2.24, 2.45) is 5.92 Å². The molecule has 0 radical (unpaired) electrons. The largest absolute Gasteiger partial charge is 0.454 e. The van der Waals surface area contributed by atoms with Crippen LogP contribution in [-0.4, -0.2) is 49.0 Å². The lowest BCUT2D eigenvalue weighted by Gasteiger charge is -2.17. The molecular weight excluding hydrogens is 352 g/mol. The normalized spacial score (nSPS) is 11.7. The smallest absolute Gasteiger partial charge is 0.329 e. The lowest BCUT2D eigenvalue weighted by atomic mass is 10.1. The van der Waals surface area contributed by atoms with E-state index in [1.54, 1.807) is 30.0 Å². The predicted molar refractivity (Wildman–Crippen MR) is 104 cm³/mol. The molecule has 0 aliphatic rings. The second-order valence-electron chi connectivity index (χ2n) is 6.48. The summed E-state index contributed by atoms with van der Waals surface area (Å²) in [7, 11) is 0. The molecule has 2 amide bonds. The number of thioether (sulfide) groups is 1. The molecule has 0 saturated carbocycles. The van der Waals surface area contributed by atoms with Crippen molar-refractivity contribution in [2.75, 3.05) is 25.2 Å². The van der Waals surface area contributed by atoms with Gasteiger partial charge in [-0.25, -0.2) is 4.79 Å². The molecule has 0 aliphatic carbocycles. The molecule has 0 fully saturated rings. The Morgan fingerprint density at radius 3 is 2.58 bits per heavy atom. The number of esters is 1. The van der Waals surface area contributed by atoms with Gasteiger partial charge in [0.2, 0.25) is 0 Å². The Morgan fingerprint density at radius 2 is 1.96 bits per heavy atom. The van der Waals surface area contributed by atoms with Crippen LogP contribution in [0.2, 0.25) is 0 Å². The molecule has 2 N–H and O–H groups in total. The summed E-state index contributed by atoms with van der Waals surface area (Å²) in [6.07, 6.45) is 2.36. The van der Waals surface area contributed by atoms with Crippen molar-refractivity contribution in [1.82, 2.24) is 10.6 Å². The molecule has 6 nitrogen and oxygen atoms in total. The van der Waals surface area contributed by atoms with Crippen LogP contribution in [0.3, 0.4) is 0 Å². The zero-order valence-corrected chi connectivity index (χ0v) is 16.7. The number of hydrogen-bond acceptors (Lipinski definition) is 5. The molecule has 1 aromatic carbocycles. The fourth-order valence-electron chi connectivity index (χ4n) is 2.12. The van der Waals surface area contributed by atoms with Gasteiger partial charge in [0.25, 0.3) is 11.8 Å². The van der Waals surface area contributed by atoms with Crippen LogP contribution in [0.4, 0.5) is 0 Å². The van der Waals surface area contributed by atoms with Gasteiger partial charge < -0.3 is 15.4 Å². The van der Waals surface area contributed by atoms with Crippen LogP contribution >= 0.6 is 11.8 Å². The summed E-state index contributed by atoms with van der Waals surface area (Å²) in [5.74, 6) is -0.271. The SMILES string of the molecule is CSCC[C@H](NC(=O)c1cccc(C)c1)C(=O)OCC(=O)NCC(C)C. The van der Waals surface area contributed by atoms with Crippen LogP contribution in [0.5, 0.6) is 0 Å². The van der Waals surface area contributed by atoms with E-state index in [0.29, 0.717) is 30.2 Å². The topological polar surface area (TPSA) is 84.5 Å². The summed E-state index contributed by atoms with van der Waals surface area (Å²) >= 11 is 1.57. The molecule has 144 valence electrons. The van der Waals surface area contributed by atoms with Gasteiger partial charge >= 0.3 is 5.97 Å². The van der Waals surface area contributed by atoms with Gasteiger partial charge in [-0.2, -0.15) is 11.8 Å². The standard InChI is InChI=1S/C19H28N2O4S/c1-13(2)11-20-17(22)12-25-19(24)16(8-9-26-4)21-18(23)15-7-5-6-14(3)10-15/h5-7,10,13,16H,8-9,11-12H2,1-4H3,(H,20,22)(H,21,23)/t16-/m0/s1. The van der Waals surface area contributed by atoms with E-state index in [0.717, 1.165) is 5.56 Å². The first kappa shape index (κ1) is 22.0. The number of hydrogen-bond donors (Lipinski definition) is 2. The molecule has 0 bridgehead atoms.